The Kier molecular flexibility index (Phi) is 4.22. The normalized spacial score (nSPS) is 22.8. The fourth-order valence-electron chi connectivity index (χ4n) is 2.35. The molecule has 0 bridgehead atoms. The van der Waals surface area contributed by atoms with E-state index in [1.165, 1.54) is 12.1 Å². The molecule has 2 unspecified atom stereocenters. The van der Waals surface area contributed by atoms with E-state index in [9.17, 15) is 13.2 Å². The number of thioether (sulfide) groups is 1. The molecule has 1 aliphatic rings. The lowest BCUT2D eigenvalue weighted by molar-refractivity contribution is -0.138. The van der Waals surface area contributed by atoms with Crippen LogP contribution in [-0.2, 0) is 6.18 Å². The van der Waals surface area contributed by atoms with E-state index in [4.69, 9.17) is 5.73 Å². The summed E-state index contributed by atoms with van der Waals surface area (Å²) in [6, 6.07) is 5.14. The second-order valence-corrected chi connectivity index (χ2v) is 5.74. The molecule has 18 heavy (non-hydrogen) atoms. The summed E-state index contributed by atoms with van der Waals surface area (Å²) < 4.78 is 38.7. The molecule has 1 saturated heterocycles. The first kappa shape index (κ1) is 13.7. The fourth-order valence-corrected chi connectivity index (χ4v) is 3.56. The van der Waals surface area contributed by atoms with Crippen LogP contribution in [0.5, 0.6) is 0 Å². The molecule has 1 fully saturated rings. The maximum absolute atomic E-state index is 12.9. The highest BCUT2D eigenvalue weighted by Crippen LogP contribution is 2.38. The van der Waals surface area contributed by atoms with Gasteiger partial charge in [0.1, 0.15) is 0 Å². The van der Waals surface area contributed by atoms with Gasteiger partial charge in [0.2, 0.25) is 0 Å². The average Bonchev–Trinajstić information content (AvgIpc) is 2.38. The Hall–Kier alpha value is -0.680. The molecule has 1 aliphatic heterocycles. The first-order valence-corrected chi connectivity index (χ1v) is 7.15. The second-order valence-electron chi connectivity index (χ2n) is 4.59. The van der Waals surface area contributed by atoms with Crippen molar-refractivity contribution in [3.8, 4) is 0 Å². The van der Waals surface area contributed by atoms with Crippen LogP contribution in [0.25, 0.3) is 0 Å². The summed E-state index contributed by atoms with van der Waals surface area (Å²) in [7, 11) is 0. The SMILES string of the molecule is NC(c1ccccc1C(F)(F)F)C1CCCSC1. The number of hydrogen-bond acceptors (Lipinski definition) is 2. The van der Waals surface area contributed by atoms with Crippen molar-refractivity contribution in [1.82, 2.24) is 0 Å². The molecule has 5 heteroatoms. The average molecular weight is 275 g/mol. The van der Waals surface area contributed by atoms with Gasteiger partial charge in [-0.2, -0.15) is 24.9 Å². The summed E-state index contributed by atoms with van der Waals surface area (Å²) >= 11 is 1.78. The summed E-state index contributed by atoms with van der Waals surface area (Å²) in [5, 5.41) is 0. The first-order valence-electron chi connectivity index (χ1n) is 5.99. The Bertz CT molecular complexity index is 399. The van der Waals surface area contributed by atoms with Gasteiger partial charge >= 0.3 is 6.18 Å². The molecule has 100 valence electrons. The lowest BCUT2D eigenvalue weighted by Gasteiger charge is -2.29. The molecule has 2 atom stereocenters. The van der Waals surface area contributed by atoms with Crippen LogP contribution >= 0.6 is 11.8 Å². The van der Waals surface area contributed by atoms with Crippen molar-refractivity contribution in [2.45, 2.75) is 25.1 Å². The van der Waals surface area contributed by atoms with Gasteiger partial charge in [-0.3, -0.25) is 0 Å². The van der Waals surface area contributed by atoms with Gasteiger partial charge in [0, 0.05) is 6.04 Å². The van der Waals surface area contributed by atoms with Gasteiger partial charge in [-0.1, -0.05) is 18.2 Å². The van der Waals surface area contributed by atoms with Gasteiger partial charge in [-0.25, -0.2) is 0 Å². The van der Waals surface area contributed by atoms with Gasteiger partial charge in [0.15, 0.2) is 0 Å². The summed E-state index contributed by atoms with van der Waals surface area (Å²) in [4.78, 5) is 0. The minimum Gasteiger partial charge on any atom is -0.324 e. The highest BCUT2D eigenvalue weighted by molar-refractivity contribution is 7.99. The van der Waals surface area contributed by atoms with Gasteiger partial charge in [-0.15, -0.1) is 0 Å². The molecule has 0 amide bonds. The van der Waals surface area contributed by atoms with Crippen LogP contribution in [0.4, 0.5) is 13.2 Å². The molecule has 0 saturated carbocycles. The van der Waals surface area contributed by atoms with Crippen LogP contribution in [-0.4, -0.2) is 11.5 Å². The van der Waals surface area contributed by atoms with E-state index in [1.54, 1.807) is 17.8 Å². The predicted molar refractivity (Wildman–Crippen MR) is 68.4 cm³/mol. The van der Waals surface area contributed by atoms with Crippen LogP contribution in [0, 0.1) is 5.92 Å². The maximum Gasteiger partial charge on any atom is 0.416 e. The molecular formula is C13H16F3NS. The van der Waals surface area contributed by atoms with Gasteiger partial charge in [-0.05, 0) is 41.9 Å². The number of alkyl halides is 3. The largest absolute Gasteiger partial charge is 0.416 e. The van der Waals surface area contributed by atoms with Crippen molar-refractivity contribution in [1.29, 1.82) is 0 Å². The van der Waals surface area contributed by atoms with E-state index in [1.807, 2.05) is 0 Å². The molecule has 0 aromatic heterocycles. The summed E-state index contributed by atoms with van der Waals surface area (Å²) in [6.45, 7) is 0. The predicted octanol–water partition coefficient (Wildman–Crippen LogP) is 3.85. The van der Waals surface area contributed by atoms with Crippen LogP contribution in [0.15, 0.2) is 24.3 Å². The van der Waals surface area contributed by atoms with Crippen LogP contribution in [0.3, 0.4) is 0 Å². The quantitative estimate of drug-likeness (QED) is 0.887. The molecule has 1 aromatic carbocycles. The summed E-state index contributed by atoms with van der Waals surface area (Å²) in [6.07, 6.45) is -2.37. The fraction of sp³-hybridized carbons (Fsp3) is 0.538. The molecular weight excluding hydrogens is 259 g/mol. The third-order valence-corrected chi connectivity index (χ3v) is 4.57. The van der Waals surface area contributed by atoms with Gasteiger partial charge < -0.3 is 5.73 Å². The summed E-state index contributed by atoms with van der Waals surface area (Å²) in [5.41, 5.74) is 5.70. The Morgan fingerprint density at radius 1 is 1.28 bits per heavy atom. The van der Waals surface area contributed by atoms with Gasteiger partial charge in [0.05, 0.1) is 5.56 Å². The Morgan fingerprint density at radius 3 is 2.61 bits per heavy atom. The monoisotopic (exact) mass is 275 g/mol. The van der Waals surface area contributed by atoms with E-state index in [2.05, 4.69) is 0 Å². The smallest absolute Gasteiger partial charge is 0.324 e. The molecule has 1 heterocycles. The van der Waals surface area contributed by atoms with E-state index >= 15 is 0 Å². The van der Waals surface area contributed by atoms with Crippen molar-refractivity contribution in [3.63, 3.8) is 0 Å². The molecule has 0 aliphatic carbocycles. The topological polar surface area (TPSA) is 26.0 Å². The molecule has 2 N–H and O–H groups in total. The van der Waals surface area contributed by atoms with E-state index < -0.39 is 17.8 Å². The first-order chi connectivity index (χ1) is 8.50. The number of rotatable bonds is 2. The molecule has 0 radical (unpaired) electrons. The summed E-state index contributed by atoms with van der Waals surface area (Å²) in [5.74, 6) is 2.09. The van der Waals surface area contributed by atoms with E-state index in [0.717, 1.165) is 30.4 Å². The Labute approximate surface area is 109 Å². The van der Waals surface area contributed by atoms with Crippen molar-refractivity contribution >= 4 is 11.8 Å². The van der Waals surface area contributed by atoms with Gasteiger partial charge in [0.25, 0.3) is 0 Å². The number of hydrogen-bond donors (Lipinski definition) is 1. The zero-order chi connectivity index (χ0) is 13.2. The van der Waals surface area contributed by atoms with Crippen LogP contribution in [0.1, 0.15) is 30.0 Å². The second kappa shape index (κ2) is 5.53. The van der Waals surface area contributed by atoms with Crippen molar-refractivity contribution in [2.75, 3.05) is 11.5 Å². The molecule has 1 nitrogen and oxygen atoms in total. The van der Waals surface area contributed by atoms with Crippen molar-refractivity contribution in [3.05, 3.63) is 35.4 Å². The third-order valence-electron chi connectivity index (χ3n) is 3.33. The lowest BCUT2D eigenvalue weighted by atomic mass is 9.88. The highest BCUT2D eigenvalue weighted by Gasteiger charge is 2.36. The lowest BCUT2D eigenvalue weighted by Crippen LogP contribution is -2.28. The number of benzene rings is 1. The Morgan fingerprint density at radius 2 is 2.00 bits per heavy atom. The zero-order valence-corrected chi connectivity index (χ0v) is 10.7. The highest BCUT2D eigenvalue weighted by atomic mass is 32.2. The van der Waals surface area contributed by atoms with Crippen molar-refractivity contribution in [2.24, 2.45) is 11.7 Å². The standard InChI is InChI=1S/C13H16F3NS/c14-13(15,16)11-6-2-1-5-10(11)12(17)9-4-3-7-18-8-9/h1-2,5-6,9,12H,3-4,7-8,17H2. The van der Waals surface area contributed by atoms with E-state index in [0.29, 0.717) is 0 Å². The third kappa shape index (κ3) is 3.01. The number of nitrogens with two attached hydrogens (primary N) is 1. The van der Waals surface area contributed by atoms with Crippen molar-refractivity contribution < 1.29 is 13.2 Å². The Balaban J connectivity index is 2.26. The molecule has 0 spiro atoms. The van der Waals surface area contributed by atoms with Crippen LogP contribution in [0.2, 0.25) is 0 Å². The van der Waals surface area contributed by atoms with E-state index in [-0.39, 0.29) is 11.5 Å². The number of halogens is 3. The van der Waals surface area contributed by atoms with Crippen LogP contribution < -0.4 is 5.73 Å². The maximum atomic E-state index is 12.9. The molecule has 1 aromatic rings. The minimum absolute atomic E-state index is 0.146. The minimum atomic E-state index is -4.32. The zero-order valence-electron chi connectivity index (χ0n) is 9.91. The molecule has 2 rings (SSSR count).